The maximum Gasteiger partial charge on any atom is 0.309 e. The van der Waals surface area contributed by atoms with Crippen LogP contribution in [0, 0.1) is 11.7 Å². The monoisotopic (exact) mass is 488 g/mol. The fourth-order valence-corrected chi connectivity index (χ4v) is 4.63. The lowest BCUT2D eigenvalue weighted by molar-refractivity contribution is -0.148. The second-order valence-electron chi connectivity index (χ2n) is 7.54. The van der Waals surface area contributed by atoms with E-state index in [9.17, 15) is 14.0 Å². The number of pyridine rings is 1. The van der Waals surface area contributed by atoms with Crippen LogP contribution in [0.5, 0.6) is 0 Å². The molecule has 33 heavy (non-hydrogen) atoms. The smallest absolute Gasteiger partial charge is 0.309 e. The molecule has 0 atom stereocenters. The van der Waals surface area contributed by atoms with Crippen LogP contribution in [-0.2, 0) is 9.53 Å². The molecule has 0 spiro atoms. The number of anilines is 2. The van der Waals surface area contributed by atoms with E-state index in [0.717, 1.165) is 5.56 Å². The molecule has 0 bridgehead atoms. The maximum atomic E-state index is 13.1. The second-order valence-corrected chi connectivity index (χ2v) is 8.81. The Morgan fingerprint density at radius 1 is 1.27 bits per heavy atom. The van der Waals surface area contributed by atoms with Crippen molar-refractivity contribution in [2.24, 2.45) is 5.92 Å². The van der Waals surface area contributed by atoms with Gasteiger partial charge >= 0.3 is 5.97 Å². The van der Waals surface area contributed by atoms with Crippen LogP contribution in [-0.4, -0.2) is 41.5 Å². The quantitative estimate of drug-likeness (QED) is 0.490. The summed E-state index contributed by atoms with van der Waals surface area (Å²) in [6.07, 6.45) is 2.81. The van der Waals surface area contributed by atoms with E-state index in [0.29, 0.717) is 59.8 Å². The van der Waals surface area contributed by atoms with Gasteiger partial charge in [0.1, 0.15) is 11.6 Å². The number of aromatic nitrogens is 2. The summed E-state index contributed by atoms with van der Waals surface area (Å²) >= 11 is 7.71. The van der Waals surface area contributed by atoms with E-state index in [1.807, 2.05) is 4.90 Å². The van der Waals surface area contributed by atoms with E-state index in [1.165, 1.54) is 29.7 Å². The van der Waals surface area contributed by atoms with Gasteiger partial charge in [0.15, 0.2) is 5.13 Å². The summed E-state index contributed by atoms with van der Waals surface area (Å²) in [7, 11) is 0. The Morgan fingerprint density at radius 2 is 2.00 bits per heavy atom. The summed E-state index contributed by atoms with van der Waals surface area (Å²) in [5.74, 6) is -0.379. The molecule has 3 heterocycles. The summed E-state index contributed by atoms with van der Waals surface area (Å²) < 4.78 is 18.2. The van der Waals surface area contributed by atoms with Crippen molar-refractivity contribution in [3.63, 3.8) is 0 Å². The molecule has 10 heteroatoms. The van der Waals surface area contributed by atoms with Crippen LogP contribution < -0.4 is 10.2 Å². The summed E-state index contributed by atoms with van der Waals surface area (Å²) in [5.41, 5.74) is 1.71. The Labute approximate surface area is 199 Å². The molecule has 2 aromatic heterocycles. The minimum absolute atomic E-state index is 0.108. The van der Waals surface area contributed by atoms with Crippen molar-refractivity contribution in [1.29, 1.82) is 0 Å². The highest BCUT2D eigenvalue weighted by Gasteiger charge is 2.27. The normalized spacial score (nSPS) is 14.2. The molecule has 4 rings (SSSR count). The Morgan fingerprint density at radius 3 is 2.67 bits per heavy atom. The van der Waals surface area contributed by atoms with Gasteiger partial charge in [0.05, 0.1) is 28.8 Å². The van der Waals surface area contributed by atoms with Gasteiger partial charge in [0.2, 0.25) is 0 Å². The van der Waals surface area contributed by atoms with E-state index < -0.39 is 0 Å². The van der Waals surface area contributed by atoms with E-state index in [4.69, 9.17) is 16.3 Å². The molecule has 1 N–H and O–H groups in total. The molecule has 1 aliphatic rings. The zero-order chi connectivity index (χ0) is 23.4. The number of carbonyl (C=O) groups excluding carboxylic acids is 2. The van der Waals surface area contributed by atoms with Crippen LogP contribution in [0.25, 0.3) is 11.3 Å². The molecule has 1 aromatic carbocycles. The molecule has 172 valence electrons. The topological polar surface area (TPSA) is 84.4 Å². The number of thiazole rings is 1. The standard InChI is InChI=1S/C23H22ClFN4O3S/c1-2-32-22(31)15-7-9-29(10-8-15)20-18(24)11-16(12-26-20)21(30)28-23-27-19(13-33-23)14-3-5-17(25)6-4-14/h3-6,11-13,15H,2,7-10H2,1H3,(H,27,28,30). The molecule has 3 aromatic rings. The molecule has 0 unspecified atom stereocenters. The number of carbonyl (C=O) groups is 2. The van der Waals surface area contributed by atoms with Gasteiger partial charge in [-0.25, -0.2) is 14.4 Å². The molecule has 1 saturated heterocycles. The lowest BCUT2D eigenvalue weighted by atomic mass is 9.97. The lowest BCUT2D eigenvalue weighted by Gasteiger charge is -2.32. The lowest BCUT2D eigenvalue weighted by Crippen LogP contribution is -2.37. The number of halogens is 2. The van der Waals surface area contributed by atoms with Crippen molar-refractivity contribution < 1.29 is 18.7 Å². The number of esters is 1. The Bertz CT molecular complexity index is 1150. The molecule has 1 fully saturated rings. The minimum Gasteiger partial charge on any atom is -0.466 e. The van der Waals surface area contributed by atoms with Crippen LogP contribution in [0.3, 0.4) is 0 Å². The first-order valence-corrected chi connectivity index (χ1v) is 11.8. The molecule has 1 amide bonds. The predicted octanol–water partition coefficient (Wildman–Crippen LogP) is 5.03. The number of rotatable bonds is 6. The van der Waals surface area contributed by atoms with Crippen molar-refractivity contribution >= 4 is 45.8 Å². The Hall–Kier alpha value is -3.04. The van der Waals surface area contributed by atoms with Crippen molar-refractivity contribution in [3.8, 4) is 11.3 Å². The molecule has 7 nitrogen and oxygen atoms in total. The van der Waals surface area contributed by atoms with E-state index in [-0.39, 0.29) is 23.6 Å². The van der Waals surface area contributed by atoms with E-state index in [2.05, 4.69) is 15.3 Å². The maximum absolute atomic E-state index is 13.1. The highest BCUT2D eigenvalue weighted by molar-refractivity contribution is 7.14. The average Bonchev–Trinajstić information content (AvgIpc) is 3.28. The van der Waals surface area contributed by atoms with Crippen LogP contribution in [0.1, 0.15) is 30.1 Å². The Kier molecular flexibility index (Phi) is 7.20. The summed E-state index contributed by atoms with van der Waals surface area (Å²) in [6, 6.07) is 7.57. The third-order valence-corrected chi connectivity index (χ3v) is 6.40. The largest absolute Gasteiger partial charge is 0.466 e. The van der Waals surface area contributed by atoms with Gasteiger partial charge in [-0.2, -0.15) is 0 Å². The third-order valence-electron chi connectivity index (χ3n) is 5.36. The van der Waals surface area contributed by atoms with Crippen LogP contribution in [0.2, 0.25) is 5.02 Å². The molecule has 1 aliphatic heterocycles. The first kappa shape index (κ1) is 23.1. The zero-order valence-electron chi connectivity index (χ0n) is 17.9. The summed E-state index contributed by atoms with van der Waals surface area (Å²) in [4.78, 5) is 35.4. The third kappa shape index (κ3) is 5.48. The number of piperidine rings is 1. The summed E-state index contributed by atoms with van der Waals surface area (Å²) in [5, 5.41) is 5.32. The zero-order valence-corrected chi connectivity index (χ0v) is 19.5. The number of hydrogen-bond acceptors (Lipinski definition) is 7. The molecule has 0 radical (unpaired) electrons. The highest BCUT2D eigenvalue weighted by atomic mass is 35.5. The van der Waals surface area contributed by atoms with Gasteiger partial charge in [-0.1, -0.05) is 11.6 Å². The average molecular weight is 489 g/mol. The van der Waals surface area contributed by atoms with Gasteiger partial charge in [-0.05, 0) is 50.1 Å². The number of amides is 1. The minimum atomic E-state index is -0.378. The first-order valence-electron chi connectivity index (χ1n) is 10.5. The van der Waals surface area contributed by atoms with Crippen molar-refractivity contribution in [2.45, 2.75) is 19.8 Å². The fourth-order valence-electron chi connectivity index (χ4n) is 3.63. The van der Waals surface area contributed by atoms with Crippen LogP contribution >= 0.6 is 22.9 Å². The molecular weight excluding hydrogens is 467 g/mol. The molecule has 0 aliphatic carbocycles. The van der Waals surface area contributed by atoms with Gasteiger partial charge in [-0.15, -0.1) is 11.3 Å². The number of hydrogen-bond donors (Lipinski definition) is 1. The van der Waals surface area contributed by atoms with E-state index in [1.54, 1.807) is 30.5 Å². The van der Waals surface area contributed by atoms with Crippen LogP contribution in [0.4, 0.5) is 15.3 Å². The first-order chi connectivity index (χ1) is 15.9. The van der Waals surface area contributed by atoms with Gasteiger partial charge in [0, 0.05) is 30.2 Å². The van der Waals surface area contributed by atoms with Crippen LogP contribution in [0.15, 0.2) is 41.9 Å². The van der Waals surface area contributed by atoms with E-state index >= 15 is 0 Å². The number of benzene rings is 1. The Balaban J connectivity index is 1.38. The number of ether oxygens (including phenoxy) is 1. The number of nitrogens with zero attached hydrogens (tertiary/aromatic N) is 3. The van der Waals surface area contributed by atoms with Crippen molar-refractivity contribution in [1.82, 2.24) is 9.97 Å². The van der Waals surface area contributed by atoms with Gasteiger partial charge in [-0.3, -0.25) is 14.9 Å². The highest BCUT2D eigenvalue weighted by Crippen LogP contribution is 2.30. The SMILES string of the molecule is CCOC(=O)C1CCN(c2ncc(C(=O)Nc3nc(-c4ccc(F)cc4)cs3)cc2Cl)CC1. The molecule has 0 saturated carbocycles. The predicted molar refractivity (Wildman–Crippen MR) is 126 cm³/mol. The molecular formula is C23H22ClFN4O3S. The fraction of sp³-hybridized carbons (Fsp3) is 0.304. The van der Waals surface area contributed by atoms with Crippen molar-refractivity contribution in [3.05, 3.63) is 58.3 Å². The van der Waals surface area contributed by atoms with Gasteiger partial charge in [0.25, 0.3) is 5.91 Å². The second kappa shape index (κ2) is 10.3. The van der Waals surface area contributed by atoms with Crippen molar-refractivity contribution in [2.75, 3.05) is 29.9 Å². The van der Waals surface area contributed by atoms with Gasteiger partial charge < -0.3 is 9.64 Å². The number of nitrogens with one attached hydrogen (secondary N) is 1. The summed E-state index contributed by atoms with van der Waals surface area (Å²) in [6.45, 7) is 3.44.